The molecule has 2 aromatic rings. The number of carbonyl (C=O) groups excluding carboxylic acids is 1. The van der Waals surface area contributed by atoms with Gasteiger partial charge in [0.25, 0.3) is 5.91 Å². The van der Waals surface area contributed by atoms with E-state index in [-0.39, 0.29) is 22.5 Å². The molecule has 0 aliphatic carbocycles. The Morgan fingerprint density at radius 2 is 1.68 bits per heavy atom. The second kappa shape index (κ2) is 6.52. The second-order valence-corrected chi connectivity index (χ2v) is 8.54. The Morgan fingerprint density at radius 1 is 1.08 bits per heavy atom. The molecule has 1 heterocycles. The molecule has 3 rings (SSSR count). The van der Waals surface area contributed by atoms with Crippen LogP contribution in [0.4, 0.5) is 0 Å². The predicted octanol–water partition coefficient (Wildman–Crippen LogP) is 3.03. The highest BCUT2D eigenvalue weighted by atomic mass is 32.2. The minimum Gasteiger partial charge on any atom is -0.490 e. The van der Waals surface area contributed by atoms with Gasteiger partial charge in [0, 0.05) is 19.3 Å². The van der Waals surface area contributed by atoms with E-state index >= 15 is 0 Å². The number of benzene rings is 2. The number of sulfone groups is 1. The predicted molar refractivity (Wildman–Crippen MR) is 95.3 cm³/mol. The van der Waals surface area contributed by atoms with Gasteiger partial charge in [-0.1, -0.05) is 24.3 Å². The molecule has 1 aliphatic heterocycles. The van der Waals surface area contributed by atoms with E-state index in [1.165, 1.54) is 12.1 Å². The molecule has 0 saturated carbocycles. The molecular weight excluding hydrogens is 338 g/mol. The Labute approximate surface area is 148 Å². The van der Waals surface area contributed by atoms with Crippen LogP contribution in [-0.4, -0.2) is 31.6 Å². The molecule has 0 N–H and O–H groups in total. The third kappa shape index (κ3) is 3.69. The molecule has 1 amide bonds. The summed E-state index contributed by atoms with van der Waals surface area (Å²) in [5, 5.41) is 0. The zero-order valence-corrected chi connectivity index (χ0v) is 15.3. The van der Waals surface area contributed by atoms with Crippen LogP contribution in [0.1, 0.15) is 35.3 Å². The molecule has 0 bridgehead atoms. The molecule has 0 unspecified atom stereocenters. The van der Waals surface area contributed by atoms with E-state index in [9.17, 15) is 13.2 Å². The van der Waals surface area contributed by atoms with Gasteiger partial charge in [-0.05, 0) is 43.2 Å². The molecule has 0 radical (unpaired) electrons. The van der Waals surface area contributed by atoms with Crippen LogP contribution in [-0.2, 0) is 22.9 Å². The number of nitrogens with zero attached hydrogens (tertiary/aromatic N) is 1. The Bertz CT molecular complexity index is 894. The van der Waals surface area contributed by atoms with Gasteiger partial charge in [0.2, 0.25) is 0 Å². The van der Waals surface area contributed by atoms with E-state index in [2.05, 4.69) is 0 Å². The lowest BCUT2D eigenvalue weighted by Crippen LogP contribution is -2.26. The largest absolute Gasteiger partial charge is 0.490 e. The van der Waals surface area contributed by atoms with Gasteiger partial charge in [0.1, 0.15) is 5.75 Å². The highest BCUT2D eigenvalue weighted by Gasteiger charge is 2.27. The van der Waals surface area contributed by atoms with Gasteiger partial charge in [-0.2, -0.15) is 0 Å². The maximum absolute atomic E-state index is 13.0. The zero-order valence-electron chi connectivity index (χ0n) is 14.5. The van der Waals surface area contributed by atoms with Crippen molar-refractivity contribution in [3.63, 3.8) is 0 Å². The first-order valence-corrected chi connectivity index (χ1v) is 10.0. The van der Waals surface area contributed by atoms with Gasteiger partial charge in [-0.25, -0.2) is 8.42 Å². The lowest BCUT2D eigenvalue weighted by molar-refractivity contribution is 0.0745. The standard InChI is InChI=1S/C19H21NO4S/c1-13(2)24-18-9-8-16(25(3,22)23)10-17(18)19(21)20-11-14-6-4-5-7-15(14)12-20/h4-10,13H,11-12H2,1-3H3. The Balaban J connectivity index is 1.98. The fourth-order valence-corrected chi connectivity index (χ4v) is 3.56. The minimum absolute atomic E-state index is 0.115. The summed E-state index contributed by atoms with van der Waals surface area (Å²) in [4.78, 5) is 14.9. The molecule has 2 aromatic carbocycles. The Morgan fingerprint density at radius 3 is 2.20 bits per heavy atom. The van der Waals surface area contributed by atoms with Gasteiger partial charge in [-0.15, -0.1) is 0 Å². The molecule has 0 atom stereocenters. The summed E-state index contributed by atoms with van der Waals surface area (Å²) in [5.41, 5.74) is 2.51. The maximum Gasteiger partial charge on any atom is 0.258 e. The normalized spacial score (nSPS) is 13.8. The smallest absolute Gasteiger partial charge is 0.258 e. The molecule has 25 heavy (non-hydrogen) atoms. The molecule has 5 nitrogen and oxygen atoms in total. The third-order valence-electron chi connectivity index (χ3n) is 4.10. The van der Waals surface area contributed by atoms with Crippen LogP contribution in [0.3, 0.4) is 0 Å². The summed E-state index contributed by atoms with van der Waals surface area (Å²) in [7, 11) is -3.41. The summed E-state index contributed by atoms with van der Waals surface area (Å²) in [6, 6.07) is 12.4. The number of hydrogen-bond acceptors (Lipinski definition) is 4. The van der Waals surface area contributed by atoms with Gasteiger partial charge in [0.15, 0.2) is 9.84 Å². The van der Waals surface area contributed by atoms with Gasteiger partial charge < -0.3 is 9.64 Å². The van der Waals surface area contributed by atoms with Crippen LogP contribution >= 0.6 is 0 Å². The van der Waals surface area contributed by atoms with E-state index in [1.807, 2.05) is 38.1 Å². The van der Waals surface area contributed by atoms with E-state index in [0.717, 1.165) is 17.4 Å². The molecule has 6 heteroatoms. The van der Waals surface area contributed by atoms with Crippen molar-refractivity contribution in [1.82, 2.24) is 4.90 Å². The summed E-state index contributed by atoms with van der Waals surface area (Å²) in [6.45, 7) is 4.76. The quantitative estimate of drug-likeness (QED) is 0.842. The topological polar surface area (TPSA) is 63.7 Å². The summed E-state index contributed by atoms with van der Waals surface area (Å²) >= 11 is 0. The van der Waals surface area contributed by atoms with Crippen LogP contribution in [0.5, 0.6) is 5.75 Å². The molecule has 132 valence electrons. The minimum atomic E-state index is -3.41. The molecule has 0 spiro atoms. The van der Waals surface area contributed by atoms with E-state index in [1.54, 1.807) is 11.0 Å². The number of carbonyl (C=O) groups is 1. The number of fused-ring (bicyclic) bond motifs is 1. The number of ether oxygens (including phenoxy) is 1. The van der Waals surface area contributed by atoms with Crippen molar-refractivity contribution in [2.24, 2.45) is 0 Å². The average Bonchev–Trinajstić information content (AvgIpc) is 2.97. The first kappa shape index (κ1) is 17.5. The SMILES string of the molecule is CC(C)Oc1ccc(S(C)(=O)=O)cc1C(=O)N1Cc2ccccc2C1. The van der Waals surface area contributed by atoms with Crippen molar-refractivity contribution in [3.8, 4) is 5.75 Å². The lowest BCUT2D eigenvalue weighted by atomic mass is 10.1. The van der Waals surface area contributed by atoms with E-state index < -0.39 is 9.84 Å². The van der Waals surface area contributed by atoms with Crippen LogP contribution in [0.2, 0.25) is 0 Å². The van der Waals surface area contributed by atoms with Crippen LogP contribution in [0.25, 0.3) is 0 Å². The zero-order chi connectivity index (χ0) is 18.2. The second-order valence-electron chi connectivity index (χ2n) is 6.53. The van der Waals surface area contributed by atoms with Gasteiger partial charge >= 0.3 is 0 Å². The monoisotopic (exact) mass is 359 g/mol. The first-order chi connectivity index (χ1) is 11.8. The fraction of sp³-hybridized carbons (Fsp3) is 0.316. The summed E-state index contributed by atoms with van der Waals surface area (Å²) in [6.07, 6.45) is 1.01. The van der Waals surface area contributed by atoms with Crippen LogP contribution in [0.15, 0.2) is 47.4 Å². The molecule has 0 fully saturated rings. The number of hydrogen-bond donors (Lipinski definition) is 0. The van der Waals surface area contributed by atoms with Crippen molar-refractivity contribution < 1.29 is 17.9 Å². The van der Waals surface area contributed by atoms with Crippen molar-refractivity contribution in [3.05, 3.63) is 59.2 Å². The summed E-state index contributed by atoms with van der Waals surface area (Å²) < 4.78 is 29.5. The van der Waals surface area contributed by atoms with E-state index in [4.69, 9.17) is 4.74 Å². The third-order valence-corrected chi connectivity index (χ3v) is 5.21. The van der Waals surface area contributed by atoms with Crippen molar-refractivity contribution in [2.45, 2.75) is 37.9 Å². The Hall–Kier alpha value is -2.34. The molecule has 1 aliphatic rings. The van der Waals surface area contributed by atoms with Crippen molar-refractivity contribution in [2.75, 3.05) is 6.26 Å². The summed E-state index contributed by atoms with van der Waals surface area (Å²) in [5.74, 6) is 0.181. The van der Waals surface area contributed by atoms with Gasteiger partial charge in [0.05, 0.1) is 16.6 Å². The molecule has 0 aromatic heterocycles. The van der Waals surface area contributed by atoms with Crippen LogP contribution in [0, 0.1) is 0 Å². The lowest BCUT2D eigenvalue weighted by Gasteiger charge is -2.20. The Kier molecular flexibility index (Phi) is 4.56. The number of rotatable bonds is 4. The fourth-order valence-electron chi connectivity index (χ4n) is 2.91. The van der Waals surface area contributed by atoms with Gasteiger partial charge in [-0.3, -0.25) is 4.79 Å². The first-order valence-electron chi connectivity index (χ1n) is 8.12. The molecular formula is C19H21NO4S. The van der Waals surface area contributed by atoms with E-state index in [0.29, 0.717) is 18.8 Å². The average molecular weight is 359 g/mol. The highest BCUT2D eigenvalue weighted by Crippen LogP contribution is 2.29. The maximum atomic E-state index is 13.0. The van der Waals surface area contributed by atoms with Crippen molar-refractivity contribution in [1.29, 1.82) is 0 Å². The van der Waals surface area contributed by atoms with Crippen LogP contribution < -0.4 is 4.74 Å². The van der Waals surface area contributed by atoms with Crippen molar-refractivity contribution >= 4 is 15.7 Å². The molecule has 0 saturated heterocycles. The highest BCUT2D eigenvalue weighted by molar-refractivity contribution is 7.90. The number of amides is 1.